The maximum absolute atomic E-state index is 11.9. The molecule has 3 rings (SSSR count). The summed E-state index contributed by atoms with van der Waals surface area (Å²) in [7, 11) is 0. The molecule has 1 aromatic heterocycles. The van der Waals surface area contributed by atoms with Gasteiger partial charge in [0.05, 0.1) is 0 Å². The smallest absolute Gasteiger partial charge is 0.315 e. The minimum atomic E-state index is -0.543. The first kappa shape index (κ1) is 13.6. The van der Waals surface area contributed by atoms with Gasteiger partial charge in [-0.05, 0) is 5.56 Å². The summed E-state index contributed by atoms with van der Waals surface area (Å²) < 4.78 is 0. The van der Waals surface area contributed by atoms with E-state index in [0.29, 0.717) is 11.7 Å². The molecule has 0 saturated carbocycles. The van der Waals surface area contributed by atoms with E-state index in [1.165, 1.54) is 16.9 Å². The van der Waals surface area contributed by atoms with Gasteiger partial charge in [-0.15, -0.1) is 11.3 Å². The van der Waals surface area contributed by atoms with E-state index >= 15 is 0 Å². The number of nitrogens with one attached hydrogen (secondary N) is 3. The molecule has 1 aromatic carbocycles. The minimum absolute atomic E-state index is 0.256. The molecule has 2 aromatic rings. The fourth-order valence-electron chi connectivity index (χ4n) is 2.05. The molecule has 0 aliphatic carbocycles. The lowest BCUT2D eigenvalue weighted by molar-refractivity contribution is -0.117. The summed E-state index contributed by atoms with van der Waals surface area (Å²) in [5.74, 6) is -0.256. The van der Waals surface area contributed by atoms with Crippen LogP contribution in [0.3, 0.4) is 0 Å². The lowest BCUT2D eigenvalue weighted by atomic mass is 10.1. The first-order valence-electron chi connectivity index (χ1n) is 6.54. The predicted molar refractivity (Wildman–Crippen MR) is 80.3 cm³/mol. The van der Waals surface area contributed by atoms with Crippen molar-refractivity contribution in [2.24, 2.45) is 0 Å². The molecule has 1 fully saturated rings. The van der Waals surface area contributed by atoms with Gasteiger partial charge in [-0.1, -0.05) is 30.3 Å². The summed E-state index contributed by atoms with van der Waals surface area (Å²) >= 11 is 1.44. The Hall–Kier alpha value is -2.41. The second-order valence-corrected chi connectivity index (χ2v) is 5.81. The topological polar surface area (TPSA) is 83.1 Å². The number of urea groups is 1. The van der Waals surface area contributed by atoms with Crippen LogP contribution in [0.4, 0.5) is 9.93 Å². The first-order valence-corrected chi connectivity index (χ1v) is 7.36. The van der Waals surface area contributed by atoms with Gasteiger partial charge in [0.25, 0.3) is 5.91 Å². The average Bonchev–Trinajstić information content (AvgIpc) is 3.09. The number of benzene rings is 1. The fraction of sp³-hybridized carbons (Fsp3) is 0.214. The highest BCUT2D eigenvalue weighted by Gasteiger charge is 2.27. The van der Waals surface area contributed by atoms with E-state index in [2.05, 4.69) is 33.1 Å². The van der Waals surface area contributed by atoms with E-state index in [1.807, 2.05) is 18.2 Å². The number of carbonyl (C=O) groups is 2. The number of carbonyl (C=O) groups excluding carboxylic acids is 2. The molecule has 1 unspecified atom stereocenters. The molecule has 21 heavy (non-hydrogen) atoms. The summed E-state index contributed by atoms with van der Waals surface area (Å²) in [6, 6.07) is 9.21. The van der Waals surface area contributed by atoms with E-state index < -0.39 is 6.04 Å². The van der Waals surface area contributed by atoms with Crippen molar-refractivity contribution in [1.82, 2.24) is 15.6 Å². The zero-order valence-corrected chi connectivity index (χ0v) is 11.9. The van der Waals surface area contributed by atoms with E-state index in [-0.39, 0.29) is 11.9 Å². The fourth-order valence-corrected chi connectivity index (χ4v) is 2.90. The minimum Gasteiger partial charge on any atom is -0.336 e. The summed E-state index contributed by atoms with van der Waals surface area (Å²) in [6.45, 7) is 0.299. The third-order valence-corrected chi connectivity index (χ3v) is 4.01. The molecular formula is C14H14N4O2S. The largest absolute Gasteiger partial charge is 0.336 e. The van der Waals surface area contributed by atoms with Gasteiger partial charge in [-0.2, -0.15) is 0 Å². The molecule has 3 amide bonds. The van der Waals surface area contributed by atoms with Crippen molar-refractivity contribution < 1.29 is 9.59 Å². The zero-order chi connectivity index (χ0) is 14.7. The molecule has 7 heteroatoms. The Kier molecular flexibility index (Phi) is 3.83. The summed E-state index contributed by atoms with van der Waals surface area (Å²) in [4.78, 5) is 28.2. The number of rotatable bonds is 4. The Morgan fingerprint density at radius 2 is 2.19 bits per heavy atom. The van der Waals surface area contributed by atoms with Crippen LogP contribution in [-0.4, -0.2) is 29.5 Å². The van der Waals surface area contributed by atoms with Gasteiger partial charge < -0.3 is 16.0 Å². The Balaban J connectivity index is 1.60. The maximum atomic E-state index is 11.9. The molecule has 1 aliphatic rings. The number of hydrogen-bond donors (Lipinski definition) is 3. The van der Waals surface area contributed by atoms with Crippen LogP contribution in [0, 0.1) is 0 Å². The third-order valence-electron chi connectivity index (χ3n) is 3.09. The number of aromatic nitrogens is 1. The molecule has 1 saturated heterocycles. The van der Waals surface area contributed by atoms with Crippen LogP contribution in [0.1, 0.15) is 10.4 Å². The lowest BCUT2D eigenvalue weighted by Crippen LogP contribution is -2.38. The summed E-state index contributed by atoms with van der Waals surface area (Å²) in [6.07, 6.45) is 2.55. The Morgan fingerprint density at radius 1 is 1.38 bits per heavy atom. The van der Waals surface area contributed by atoms with Crippen molar-refractivity contribution in [3.63, 3.8) is 0 Å². The molecule has 1 atom stereocenters. The van der Waals surface area contributed by atoms with E-state index in [9.17, 15) is 9.59 Å². The standard InChI is InChI=1S/C14H14N4O2S/c19-12(11-8-15-13(20)17-11)18-14-16-7-10(21-14)6-9-4-2-1-3-5-9/h1-5,7,11H,6,8H2,(H2,15,17,20)(H,16,18,19). The van der Waals surface area contributed by atoms with Gasteiger partial charge in [0, 0.05) is 24.0 Å². The number of anilines is 1. The van der Waals surface area contributed by atoms with Crippen molar-refractivity contribution in [2.75, 3.05) is 11.9 Å². The average molecular weight is 302 g/mol. The van der Waals surface area contributed by atoms with Crippen LogP contribution in [-0.2, 0) is 11.2 Å². The zero-order valence-electron chi connectivity index (χ0n) is 11.1. The highest BCUT2D eigenvalue weighted by atomic mass is 32.1. The molecule has 0 radical (unpaired) electrons. The van der Waals surface area contributed by atoms with Crippen molar-refractivity contribution in [3.8, 4) is 0 Å². The van der Waals surface area contributed by atoms with E-state index in [1.54, 1.807) is 6.20 Å². The number of hydrogen-bond acceptors (Lipinski definition) is 4. The summed E-state index contributed by atoms with van der Waals surface area (Å²) in [5.41, 5.74) is 1.20. The Labute approximate surface area is 125 Å². The second-order valence-electron chi connectivity index (χ2n) is 4.69. The van der Waals surface area contributed by atoms with Crippen molar-refractivity contribution in [1.29, 1.82) is 0 Å². The lowest BCUT2D eigenvalue weighted by Gasteiger charge is -2.06. The molecule has 6 nitrogen and oxygen atoms in total. The first-order chi connectivity index (χ1) is 10.2. The molecule has 108 valence electrons. The Bertz CT molecular complexity index is 656. The maximum Gasteiger partial charge on any atom is 0.315 e. The molecule has 0 spiro atoms. The van der Waals surface area contributed by atoms with Crippen LogP contribution >= 0.6 is 11.3 Å². The van der Waals surface area contributed by atoms with Gasteiger partial charge in [0.2, 0.25) is 0 Å². The van der Waals surface area contributed by atoms with Crippen LogP contribution in [0.2, 0.25) is 0 Å². The highest BCUT2D eigenvalue weighted by Crippen LogP contribution is 2.21. The molecule has 2 heterocycles. The van der Waals surface area contributed by atoms with Gasteiger partial charge >= 0.3 is 6.03 Å². The SMILES string of the molecule is O=C1NCC(C(=O)Nc2ncc(Cc3ccccc3)s2)N1. The normalized spacial score (nSPS) is 17.1. The quantitative estimate of drug-likeness (QED) is 0.797. The molecule has 1 aliphatic heterocycles. The van der Waals surface area contributed by atoms with Gasteiger partial charge in [0.1, 0.15) is 6.04 Å². The van der Waals surface area contributed by atoms with Crippen molar-refractivity contribution in [3.05, 3.63) is 47.0 Å². The van der Waals surface area contributed by atoms with Crippen LogP contribution in [0.25, 0.3) is 0 Å². The van der Waals surface area contributed by atoms with E-state index in [4.69, 9.17) is 0 Å². The number of amides is 3. The monoisotopic (exact) mass is 302 g/mol. The van der Waals surface area contributed by atoms with Crippen molar-refractivity contribution >= 4 is 28.4 Å². The summed E-state index contributed by atoms with van der Waals surface area (Å²) in [5, 5.41) is 8.35. The third kappa shape index (κ3) is 3.38. The predicted octanol–water partition coefficient (Wildman–Crippen LogP) is 1.35. The van der Waals surface area contributed by atoms with Crippen molar-refractivity contribution in [2.45, 2.75) is 12.5 Å². The van der Waals surface area contributed by atoms with Crippen LogP contribution < -0.4 is 16.0 Å². The van der Waals surface area contributed by atoms with Gasteiger partial charge in [-0.25, -0.2) is 9.78 Å². The number of thiazole rings is 1. The van der Waals surface area contributed by atoms with Crippen LogP contribution in [0.5, 0.6) is 0 Å². The van der Waals surface area contributed by atoms with Crippen LogP contribution in [0.15, 0.2) is 36.5 Å². The van der Waals surface area contributed by atoms with Gasteiger partial charge in [-0.3, -0.25) is 4.79 Å². The second kappa shape index (κ2) is 5.92. The van der Waals surface area contributed by atoms with E-state index in [0.717, 1.165) is 11.3 Å². The molecule has 0 bridgehead atoms. The highest BCUT2D eigenvalue weighted by molar-refractivity contribution is 7.15. The molecular weight excluding hydrogens is 288 g/mol. The molecule has 3 N–H and O–H groups in total. The Morgan fingerprint density at radius 3 is 2.90 bits per heavy atom. The van der Waals surface area contributed by atoms with Gasteiger partial charge in [0.15, 0.2) is 5.13 Å². The number of nitrogens with zero attached hydrogens (tertiary/aromatic N) is 1.